The predicted octanol–water partition coefficient (Wildman–Crippen LogP) is 1.34. The molecule has 0 aromatic carbocycles. The molecule has 2 amide bonds. The Morgan fingerprint density at radius 3 is 2.06 bits per heavy atom. The van der Waals surface area contributed by atoms with Crippen molar-refractivity contribution in [1.82, 2.24) is 4.90 Å². The summed E-state index contributed by atoms with van der Waals surface area (Å²) in [6.07, 6.45) is 7.22. The Bertz CT molecular complexity index is 387. The van der Waals surface area contributed by atoms with Crippen LogP contribution in [0.1, 0.15) is 38.5 Å². The summed E-state index contributed by atoms with van der Waals surface area (Å²) in [6.45, 7) is 0.00694. The predicted molar refractivity (Wildman–Crippen MR) is 63.6 cm³/mol. The summed E-state index contributed by atoms with van der Waals surface area (Å²) >= 11 is 0. The number of hydrogen-bond donors (Lipinski definition) is 1. The summed E-state index contributed by atoms with van der Waals surface area (Å²) in [6, 6.07) is 0. The van der Waals surface area contributed by atoms with Gasteiger partial charge >= 0.3 is 5.97 Å². The summed E-state index contributed by atoms with van der Waals surface area (Å²) in [5.41, 5.74) is -0.951. The Hall–Kier alpha value is -1.65. The van der Waals surface area contributed by atoms with Crippen molar-refractivity contribution in [2.45, 2.75) is 38.5 Å². The molecular formula is C13H17NO4. The van der Waals surface area contributed by atoms with Crippen LogP contribution in [0.25, 0.3) is 0 Å². The fraction of sp³-hybridized carbons (Fsp3) is 0.615. The first-order valence-electron chi connectivity index (χ1n) is 6.32. The average Bonchev–Trinajstić information content (AvgIpc) is 2.58. The van der Waals surface area contributed by atoms with Crippen LogP contribution in [0.5, 0.6) is 0 Å². The molecule has 0 aromatic heterocycles. The van der Waals surface area contributed by atoms with E-state index >= 15 is 0 Å². The molecule has 2 aliphatic rings. The molecule has 2 rings (SSSR count). The Kier molecular flexibility index (Phi) is 3.50. The van der Waals surface area contributed by atoms with Crippen molar-refractivity contribution in [1.29, 1.82) is 0 Å². The third-order valence-electron chi connectivity index (χ3n) is 3.88. The molecule has 5 heteroatoms. The van der Waals surface area contributed by atoms with E-state index in [9.17, 15) is 19.5 Å². The minimum atomic E-state index is -0.951. The van der Waals surface area contributed by atoms with Gasteiger partial charge in [0.05, 0.1) is 5.41 Å². The van der Waals surface area contributed by atoms with Gasteiger partial charge in [0.1, 0.15) is 0 Å². The van der Waals surface area contributed by atoms with Gasteiger partial charge < -0.3 is 5.11 Å². The van der Waals surface area contributed by atoms with Gasteiger partial charge in [-0.15, -0.1) is 0 Å². The number of rotatable bonds is 3. The fourth-order valence-electron chi connectivity index (χ4n) is 2.73. The quantitative estimate of drug-likeness (QED) is 0.606. The van der Waals surface area contributed by atoms with Crippen molar-refractivity contribution < 1.29 is 19.5 Å². The zero-order valence-corrected chi connectivity index (χ0v) is 10.2. The molecule has 1 saturated carbocycles. The average molecular weight is 251 g/mol. The van der Waals surface area contributed by atoms with Gasteiger partial charge in [0.25, 0.3) is 11.8 Å². The molecule has 1 aliphatic heterocycles. The van der Waals surface area contributed by atoms with Crippen LogP contribution in [0, 0.1) is 5.41 Å². The maximum Gasteiger partial charge on any atom is 0.311 e. The molecule has 1 heterocycles. The Morgan fingerprint density at radius 2 is 1.61 bits per heavy atom. The van der Waals surface area contributed by atoms with E-state index < -0.39 is 23.2 Å². The second kappa shape index (κ2) is 4.92. The first-order valence-corrected chi connectivity index (χ1v) is 6.32. The van der Waals surface area contributed by atoms with Gasteiger partial charge in [-0.05, 0) is 12.8 Å². The first kappa shape index (κ1) is 12.8. The standard InChI is InChI=1S/C13H17NO4/c15-10-5-6-11(16)14(10)9-13(12(17)18)7-3-1-2-4-8-13/h5-6H,1-4,7-9H2,(H,17,18). The van der Waals surface area contributed by atoms with Gasteiger partial charge in [0, 0.05) is 18.7 Å². The third-order valence-corrected chi connectivity index (χ3v) is 3.88. The van der Waals surface area contributed by atoms with Crippen molar-refractivity contribution >= 4 is 17.8 Å². The lowest BCUT2D eigenvalue weighted by Gasteiger charge is -2.31. The number of carboxylic acid groups (broad SMARTS) is 1. The highest BCUT2D eigenvalue weighted by Crippen LogP contribution is 2.36. The molecule has 0 atom stereocenters. The number of amides is 2. The molecule has 0 spiro atoms. The van der Waals surface area contributed by atoms with Crippen LogP contribution in [0.4, 0.5) is 0 Å². The zero-order chi connectivity index (χ0) is 13.2. The fourth-order valence-corrected chi connectivity index (χ4v) is 2.73. The maximum atomic E-state index is 11.6. The SMILES string of the molecule is O=C1C=CC(=O)N1CC1(C(=O)O)CCCCCC1. The van der Waals surface area contributed by atoms with Gasteiger partial charge in [-0.3, -0.25) is 19.3 Å². The lowest BCUT2D eigenvalue weighted by molar-refractivity contribution is -0.153. The van der Waals surface area contributed by atoms with Gasteiger partial charge in [-0.25, -0.2) is 0 Å². The van der Waals surface area contributed by atoms with Crippen LogP contribution in [0.15, 0.2) is 12.2 Å². The molecule has 0 unspecified atom stereocenters. The van der Waals surface area contributed by atoms with E-state index in [1.807, 2.05) is 0 Å². The molecular weight excluding hydrogens is 234 g/mol. The molecule has 0 aromatic rings. The van der Waals surface area contributed by atoms with Crippen LogP contribution >= 0.6 is 0 Å². The number of aliphatic carboxylic acids is 1. The Balaban J connectivity index is 2.17. The van der Waals surface area contributed by atoms with Crippen LogP contribution in [-0.4, -0.2) is 34.3 Å². The van der Waals surface area contributed by atoms with Crippen molar-refractivity contribution in [3.63, 3.8) is 0 Å². The number of carbonyl (C=O) groups is 3. The number of carboxylic acids is 1. The maximum absolute atomic E-state index is 11.6. The monoisotopic (exact) mass is 251 g/mol. The first-order chi connectivity index (χ1) is 8.55. The third kappa shape index (κ3) is 2.30. The molecule has 0 radical (unpaired) electrons. The molecule has 0 saturated heterocycles. The van der Waals surface area contributed by atoms with E-state index in [1.165, 1.54) is 12.2 Å². The molecule has 5 nitrogen and oxygen atoms in total. The molecule has 98 valence electrons. The van der Waals surface area contributed by atoms with Gasteiger partial charge in [0.15, 0.2) is 0 Å². The van der Waals surface area contributed by atoms with Gasteiger partial charge in [-0.1, -0.05) is 25.7 Å². The van der Waals surface area contributed by atoms with Crippen molar-refractivity contribution in [2.24, 2.45) is 5.41 Å². The second-order valence-corrected chi connectivity index (χ2v) is 5.10. The number of nitrogens with zero attached hydrogens (tertiary/aromatic N) is 1. The highest BCUT2D eigenvalue weighted by atomic mass is 16.4. The number of hydrogen-bond acceptors (Lipinski definition) is 3. The summed E-state index contributed by atoms with van der Waals surface area (Å²) in [5.74, 6) is -1.69. The molecule has 0 bridgehead atoms. The lowest BCUT2D eigenvalue weighted by atomic mass is 9.80. The second-order valence-electron chi connectivity index (χ2n) is 5.10. The van der Waals surface area contributed by atoms with E-state index in [4.69, 9.17) is 0 Å². The van der Waals surface area contributed by atoms with Crippen LogP contribution < -0.4 is 0 Å². The lowest BCUT2D eigenvalue weighted by Crippen LogP contribution is -2.45. The largest absolute Gasteiger partial charge is 0.481 e. The van der Waals surface area contributed by atoms with Crippen LogP contribution in [0.2, 0.25) is 0 Å². The summed E-state index contributed by atoms with van der Waals surface area (Å²) in [4.78, 5) is 35.7. The van der Waals surface area contributed by atoms with Gasteiger partial charge in [-0.2, -0.15) is 0 Å². The summed E-state index contributed by atoms with van der Waals surface area (Å²) < 4.78 is 0. The minimum absolute atomic E-state index is 0.00694. The van der Waals surface area contributed by atoms with Crippen LogP contribution in [0.3, 0.4) is 0 Å². The number of carbonyl (C=O) groups excluding carboxylic acids is 2. The van der Waals surface area contributed by atoms with E-state index in [0.717, 1.165) is 30.6 Å². The van der Waals surface area contributed by atoms with E-state index in [-0.39, 0.29) is 6.54 Å². The number of imide groups is 1. The van der Waals surface area contributed by atoms with E-state index in [2.05, 4.69) is 0 Å². The van der Waals surface area contributed by atoms with E-state index in [0.29, 0.717) is 12.8 Å². The minimum Gasteiger partial charge on any atom is -0.481 e. The van der Waals surface area contributed by atoms with Gasteiger partial charge in [0.2, 0.25) is 0 Å². The molecule has 1 aliphatic carbocycles. The molecule has 1 N–H and O–H groups in total. The molecule has 18 heavy (non-hydrogen) atoms. The Labute approximate surface area is 105 Å². The normalized spacial score (nSPS) is 23.2. The highest BCUT2D eigenvalue weighted by molar-refractivity contribution is 6.13. The summed E-state index contributed by atoms with van der Waals surface area (Å²) in [5, 5.41) is 9.48. The molecule has 1 fully saturated rings. The van der Waals surface area contributed by atoms with Crippen LogP contribution in [-0.2, 0) is 14.4 Å². The van der Waals surface area contributed by atoms with Crippen molar-refractivity contribution in [2.75, 3.05) is 6.54 Å². The van der Waals surface area contributed by atoms with E-state index in [1.54, 1.807) is 0 Å². The summed E-state index contributed by atoms with van der Waals surface area (Å²) in [7, 11) is 0. The van der Waals surface area contributed by atoms with Crippen molar-refractivity contribution in [3.8, 4) is 0 Å². The topological polar surface area (TPSA) is 74.7 Å². The smallest absolute Gasteiger partial charge is 0.311 e. The van der Waals surface area contributed by atoms with Crippen molar-refractivity contribution in [3.05, 3.63) is 12.2 Å². The zero-order valence-electron chi connectivity index (χ0n) is 10.2. The highest BCUT2D eigenvalue weighted by Gasteiger charge is 2.43. The Morgan fingerprint density at radius 1 is 1.11 bits per heavy atom.